The summed E-state index contributed by atoms with van der Waals surface area (Å²) in [6, 6.07) is 7.63. The first-order valence-corrected chi connectivity index (χ1v) is 6.59. The van der Waals surface area contributed by atoms with Crippen molar-refractivity contribution in [3.05, 3.63) is 36.0 Å². The molecule has 2 rings (SSSR count). The summed E-state index contributed by atoms with van der Waals surface area (Å²) in [5, 5.41) is 3.20. The molecule has 1 aromatic carbocycles. The highest BCUT2D eigenvalue weighted by atomic mass is 16.5. The lowest BCUT2D eigenvalue weighted by atomic mass is 10.2. The summed E-state index contributed by atoms with van der Waals surface area (Å²) in [4.78, 5) is 10.6. The van der Waals surface area contributed by atoms with E-state index in [1.807, 2.05) is 43.3 Å². The first-order valence-electron chi connectivity index (χ1n) is 6.59. The Morgan fingerprint density at radius 3 is 2.62 bits per heavy atom. The molecule has 21 heavy (non-hydrogen) atoms. The second-order valence-electron chi connectivity index (χ2n) is 4.64. The topological polar surface area (TPSA) is 59.5 Å². The van der Waals surface area contributed by atoms with Crippen molar-refractivity contribution in [2.75, 3.05) is 38.5 Å². The number of nitrogens with one attached hydrogen (secondary N) is 1. The average Bonchev–Trinajstić information content (AvgIpc) is 2.52. The van der Waals surface area contributed by atoms with E-state index in [4.69, 9.17) is 9.47 Å². The normalized spacial score (nSPS) is 10.1. The molecule has 0 aliphatic heterocycles. The van der Waals surface area contributed by atoms with Crippen LogP contribution in [0.2, 0.25) is 0 Å². The Kier molecular flexibility index (Phi) is 4.81. The van der Waals surface area contributed by atoms with Crippen LogP contribution in [0.4, 0.5) is 11.8 Å². The van der Waals surface area contributed by atoms with E-state index in [9.17, 15) is 0 Å². The van der Waals surface area contributed by atoms with Crippen molar-refractivity contribution in [3.8, 4) is 11.5 Å². The van der Waals surface area contributed by atoms with E-state index in [-0.39, 0.29) is 0 Å². The summed E-state index contributed by atoms with van der Waals surface area (Å²) in [5.41, 5.74) is 0.982. The van der Waals surface area contributed by atoms with Gasteiger partial charge in [-0.25, -0.2) is 4.98 Å². The molecule has 1 heterocycles. The fraction of sp³-hybridized carbons (Fsp3) is 0.333. The highest BCUT2D eigenvalue weighted by Gasteiger charge is 2.09. The van der Waals surface area contributed by atoms with Crippen molar-refractivity contribution in [3.63, 3.8) is 0 Å². The van der Waals surface area contributed by atoms with Gasteiger partial charge in [-0.15, -0.1) is 0 Å². The van der Waals surface area contributed by atoms with Crippen LogP contribution in [0.3, 0.4) is 0 Å². The van der Waals surface area contributed by atoms with E-state index in [0.717, 1.165) is 17.1 Å². The van der Waals surface area contributed by atoms with Crippen LogP contribution in [0.15, 0.2) is 30.5 Å². The van der Waals surface area contributed by atoms with Crippen LogP contribution in [-0.2, 0) is 6.54 Å². The summed E-state index contributed by atoms with van der Waals surface area (Å²) in [7, 11) is 7.14. The molecule has 0 amide bonds. The van der Waals surface area contributed by atoms with E-state index < -0.39 is 0 Å². The molecule has 0 saturated carbocycles. The predicted molar refractivity (Wildman–Crippen MR) is 83.2 cm³/mol. The minimum Gasteiger partial charge on any atom is -0.493 e. The molecule has 112 valence electrons. The zero-order valence-electron chi connectivity index (χ0n) is 12.8. The SMILES string of the molecule is COc1cccc(CNc2nccc(N(C)C)n2)c1OC. The highest BCUT2D eigenvalue weighted by Crippen LogP contribution is 2.30. The maximum absolute atomic E-state index is 5.40. The number of rotatable bonds is 6. The van der Waals surface area contributed by atoms with Gasteiger partial charge in [-0.2, -0.15) is 4.98 Å². The van der Waals surface area contributed by atoms with Gasteiger partial charge in [-0.1, -0.05) is 12.1 Å². The Bertz CT molecular complexity index is 602. The monoisotopic (exact) mass is 288 g/mol. The highest BCUT2D eigenvalue weighted by molar-refractivity contribution is 5.48. The minimum atomic E-state index is 0.553. The average molecular weight is 288 g/mol. The fourth-order valence-corrected chi connectivity index (χ4v) is 1.95. The van der Waals surface area contributed by atoms with Crippen molar-refractivity contribution in [1.82, 2.24) is 9.97 Å². The number of methoxy groups -OCH3 is 2. The van der Waals surface area contributed by atoms with Gasteiger partial charge in [-0.3, -0.25) is 0 Å². The second-order valence-corrected chi connectivity index (χ2v) is 4.64. The van der Waals surface area contributed by atoms with E-state index >= 15 is 0 Å². The van der Waals surface area contributed by atoms with Crippen LogP contribution >= 0.6 is 0 Å². The number of para-hydroxylation sites is 1. The maximum atomic E-state index is 5.40. The molecule has 2 aromatic rings. The van der Waals surface area contributed by atoms with Crippen molar-refractivity contribution in [2.24, 2.45) is 0 Å². The number of hydrogen-bond donors (Lipinski definition) is 1. The van der Waals surface area contributed by atoms with Crippen molar-refractivity contribution in [2.45, 2.75) is 6.54 Å². The van der Waals surface area contributed by atoms with Crippen LogP contribution in [0.25, 0.3) is 0 Å². The van der Waals surface area contributed by atoms with Crippen molar-refractivity contribution >= 4 is 11.8 Å². The van der Waals surface area contributed by atoms with Gasteiger partial charge < -0.3 is 19.7 Å². The van der Waals surface area contributed by atoms with Gasteiger partial charge >= 0.3 is 0 Å². The predicted octanol–water partition coefficient (Wildman–Crippen LogP) is 2.17. The van der Waals surface area contributed by atoms with Gasteiger partial charge in [0.1, 0.15) is 5.82 Å². The maximum Gasteiger partial charge on any atom is 0.224 e. The van der Waals surface area contributed by atoms with Gasteiger partial charge in [0.2, 0.25) is 5.95 Å². The van der Waals surface area contributed by atoms with Gasteiger partial charge in [0.25, 0.3) is 0 Å². The summed E-state index contributed by atoms with van der Waals surface area (Å²) >= 11 is 0. The Morgan fingerprint density at radius 1 is 1.14 bits per heavy atom. The smallest absolute Gasteiger partial charge is 0.224 e. The third-order valence-corrected chi connectivity index (χ3v) is 3.02. The van der Waals surface area contributed by atoms with Crippen molar-refractivity contribution in [1.29, 1.82) is 0 Å². The molecule has 6 heteroatoms. The Labute approximate surface area is 124 Å². The quantitative estimate of drug-likeness (QED) is 0.879. The number of aromatic nitrogens is 2. The minimum absolute atomic E-state index is 0.553. The lowest BCUT2D eigenvalue weighted by Gasteiger charge is -2.14. The Balaban J connectivity index is 2.15. The standard InChI is InChI=1S/C15H20N4O2/c1-19(2)13-8-9-16-15(18-13)17-10-11-6-5-7-12(20-3)14(11)21-4/h5-9H,10H2,1-4H3,(H,16,17,18). The van der Waals surface area contributed by atoms with Crippen LogP contribution < -0.4 is 19.7 Å². The summed E-state index contributed by atoms with van der Waals surface area (Å²) < 4.78 is 10.7. The summed E-state index contributed by atoms with van der Waals surface area (Å²) in [6.45, 7) is 0.553. The fourth-order valence-electron chi connectivity index (χ4n) is 1.95. The molecule has 0 spiro atoms. The zero-order valence-corrected chi connectivity index (χ0v) is 12.8. The number of benzene rings is 1. The molecule has 1 aromatic heterocycles. The first-order chi connectivity index (χ1) is 10.2. The molecule has 0 saturated heterocycles. The van der Waals surface area contributed by atoms with E-state index in [2.05, 4.69) is 15.3 Å². The van der Waals surface area contributed by atoms with Crippen LogP contribution in [0.5, 0.6) is 11.5 Å². The zero-order chi connectivity index (χ0) is 15.2. The number of anilines is 2. The molecule has 0 aliphatic carbocycles. The van der Waals surface area contributed by atoms with Gasteiger partial charge in [0, 0.05) is 32.4 Å². The molecule has 0 fully saturated rings. The molecular weight excluding hydrogens is 268 g/mol. The van der Waals surface area contributed by atoms with Gasteiger partial charge in [0.05, 0.1) is 14.2 Å². The Morgan fingerprint density at radius 2 is 1.95 bits per heavy atom. The molecule has 0 unspecified atom stereocenters. The molecule has 6 nitrogen and oxygen atoms in total. The number of nitrogens with zero attached hydrogens (tertiary/aromatic N) is 3. The summed E-state index contributed by atoms with van der Waals surface area (Å²) in [5.74, 6) is 2.85. The second kappa shape index (κ2) is 6.78. The third kappa shape index (κ3) is 3.53. The van der Waals surface area contributed by atoms with Crippen LogP contribution in [-0.4, -0.2) is 38.3 Å². The van der Waals surface area contributed by atoms with Crippen LogP contribution in [0.1, 0.15) is 5.56 Å². The lowest BCUT2D eigenvalue weighted by molar-refractivity contribution is 0.352. The first kappa shape index (κ1) is 14.9. The van der Waals surface area contributed by atoms with Crippen molar-refractivity contribution < 1.29 is 9.47 Å². The number of hydrogen-bond acceptors (Lipinski definition) is 6. The van der Waals surface area contributed by atoms with Crippen LogP contribution in [0, 0.1) is 0 Å². The van der Waals surface area contributed by atoms with Gasteiger partial charge in [0.15, 0.2) is 11.5 Å². The third-order valence-electron chi connectivity index (χ3n) is 3.02. The van der Waals surface area contributed by atoms with E-state index in [1.165, 1.54) is 0 Å². The van der Waals surface area contributed by atoms with E-state index in [0.29, 0.717) is 18.2 Å². The number of ether oxygens (including phenoxy) is 2. The molecular formula is C15H20N4O2. The van der Waals surface area contributed by atoms with Gasteiger partial charge in [-0.05, 0) is 12.1 Å². The molecule has 0 atom stereocenters. The summed E-state index contributed by atoms with van der Waals surface area (Å²) in [6.07, 6.45) is 1.73. The molecule has 1 N–H and O–H groups in total. The van der Waals surface area contributed by atoms with E-state index in [1.54, 1.807) is 20.4 Å². The molecule has 0 bridgehead atoms. The molecule has 0 radical (unpaired) electrons. The molecule has 0 aliphatic rings. The lowest BCUT2D eigenvalue weighted by Crippen LogP contribution is -2.12. The Hall–Kier alpha value is -2.50. The largest absolute Gasteiger partial charge is 0.493 e.